The van der Waals surface area contributed by atoms with Crippen LogP contribution in [0.4, 0.5) is 11.4 Å². The van der Waals surface area contributed by atoms with Crippen LogP contribution in [0.1, 0.15) is 18.1 Å². The number of methoxy groups -OCH3 is 1. The molecule has 0 radical (unpaired) electrons. The van der Waals surface area contributed by atoms with Gasteiger partial charge in [0, 0.05) is 12.2 Å². The molecule has 0 unspecified atom stereocenters. The minimum atomic E-state index is -3.69. The summed E-state index contributed by atoms with van der Waals surface area (Å²) in [5.74, 6) is 0.0921. The van der Waals surface area contributed by atoms with Crippen molar-refractivity contribution in [2.24, 2.45) is 0 Å². The molecule has 2 aromatic carbocycles. The molecule has 0 aliphatic rings. The van der Waals surface area contributed by atoms with Gasteiger partial charge >= 0.3 is 0 Å². The molecule has 27 heavy (non-hydrogen) atoms. The Morgan fingerprint density at radius 1 is 1.07 bits per heavy atom. The molecule has 0 aliphatic heterocycles. The number of aryl methyl sites for hydroxylation is 2. The van der Waals surface area contributed by atoms with Gasteiger partial charge in [-0.3, -0.25) is 9.10 Å². The Morgan fingerprint density at radius 2 is 1.74 bits per heavy atom. The third-order valence-electron chi connectivity index (χ3n) is 4.21. The van der Waals surface area contributed by atoms with Crippen molar-refractivity contribution in [1.82, 2.24) is 0 Å². The Morgan fingerprint density at radius 3 is 2.30 bits per heavy atom. The molecule has 0 fully saturated rings. The van der Waals surface area contributed by atoms with Gasteiger partial charge in [0.05, 0.1) is 19.1 Å². The van der Waals surface area contributed by atoms with Gasteiger partial charge in [-0.1, -0.05) is 18.2 Å². The molecule has 146 valence electrons. The SMILES string of the molecule is CCN(C(=O)CN(c1cc(C)ccc1OC)S(C)(=O)=O)c1cccc(C)c1. The van der Waals surface area contributed by atoms with E-state index in [4.69, 9.17) is 4.74 Å². The minimum Gasteiger partial charge on any atom is -0.495 e. The molecule has 0 aromatic heterocycles. The highest BCUT2D eigenvalue weighted by Gasteiger charge is 2.26. The van der Waals surface area contributed by atoms with Crippen molar-refractivity contribution in [3.05, 3.63) is 53.6 Å². The molecule has 0 aliphatic carbocycles. The maximum absolute atomic E-state index is 13.0. The van der Waals surface area contributed by atoms with Crippen LogP contribution in [-0.2, 0) is 14.8 Å². The fourth-order valence-electron chi connectivity index (χ4n) is 2.88. The van der Waals surface area contributed by atoms with Crippen LogP contribution in [0.25, 0.3) is 0 Å². The van der Waals surface area contributed by atoms with Gasteiger partial charge in [0.15, 0.2) is 0 Å². The molecule has 0 spiro atoms. The average molecular weight is 391 g/mol. The summed E-state index contributed by atoms with van der Waals surface area (Å²) in [6.07, 6.45) is 1.09. The minimum absolute atomic E-state index is 0.305. The number of hydrogen-bond donors (Lipinski definition) is 0. The maximum atomic E-state index is 13.0. The second kappa shape index (κ2) is 8.43. The molecule has 6 nitrogen and oxygen atoms in total. The van der Waals surface area contributed by atoms with Gasteiger partial charge in [-0.2, -0.15) is 0 Å². The van der Waals surface area contributed by atoms with E-state index in [1.807, 2.05) is 51.1 Å². The number of amides is 1. The van der Waals surface area contributed by atoms with E-state index in [2.05, 4.69) is 0 Å². The number of rotatable bonds is 7. The van der Waals surface area contributed by atoms with Crippen molar-refractivity contribution in [3.8, 4) is 5.75 Å². The monoisotopic (exact) mass is 390 g/mol. The molecule has 2 rings (SSSR count). The lowest BCUT2D eigenvalue weighted by atomic mass is 10.2. The number of sulfonamides is 1. The van der Waals surface area contributed by atoms with Crippen molar-refractivity contribution in [1.29, 1.82) is 0 Å². The lowest BCUT2D eigenvalue weighted by molar-refractivity contribution is -0.117. The number of nitrogens with zero attached hydrogens (tertiary/aromatic N) is 2. The van der Waals surface area contributed by atoms with E-state index in [0.29, 0.717) is 18.0 Å². The van der Waals surface area contributed by atoms with Gasteiger partial charge in [0.1, 0.15) is 12.3 Å². The van der Waals surface area contributed by atoms with E-state index in [-0.39, 0.29) is 12.5 Å². The fraction of sp³-hybridized carbons (Fsp3) is 0.350. The molecular formula is C20H26N2O4S. The summed E-state index contributed by atoms with van der Waals surface area (Å²) >= 11 is 0. The highest BCUT2D eigenvalue weighted by molar-refractivity contribution is 7.92. The summed E-state index contributed by atoms with van der Waals surface area (Å²) in [6, 6.07) is 12.8. The number of ether oxygens (including phenoxy) is 1. The highest BCUT2D eigenvalue weighted by atomic mass is 32.2. The third-order valence-corrected chi connectivity index (χ3v) is 5.34. The normalized spacial score (nSPS) is 11.1. The Balaban J connectivity index is 2.42. The molecule has 0 bridgehead atoms. The first-order chi connectivity index (χ1) is 12.7. The van der Waals surface area contributed by atoms with E-state index in [9.17, 15) is 13.2 Å². The number of carbonyl (C=O) groups excluding carboxylic acids is 1. The van der Waals surface area contributed by atoms with Crippen LogP contribution in [0.3, 0.4) is 0 Å². The second-order valence-electron chi connectivity index (χ2n) is 6.42. The van der Waals surface area contributed by atoms with E-state index in [0.717, 1.165) is 27.4 Å². The van der Waals surface area contributed by atoms with Gasteiger partial charge in [-0.25, -0.2) is 8.42 Å². The summed E-state index contributed by atoms with van der Waals surface area (Å²) in [7, 11) is -2.21. The molecule has 1 amide bonds. The quantitative estimate of drug-likeness (QED) is 0.728. The standard InChI is InChI=1S/C20H26N2O4S/c1-6-21(17-9-7-8-15(2)12-17)20(23)14-22(27(5,24)25)18-13-16(3)10-11-19(18)26-4/h7-13H,6,14H2,1-5H3. The molecule has 2 aromatic rings. The van der Waals surface area contributed by atoms with E-state index < -0.39 is 10.0 Å². The summed E-state index contributed by atoms with van der Waals surface area (Å²) in [6.45, 7) is 5.79. The summed E-state index contributed by atoms with van der Waals surface area (Å²) in [4.78, 5) is 14.6. The van der Waals surface area contributed by atoms with Crippen LogP contribution in [0.2, 0.25) is 0 Å². The molecule has 0 saturated carbocycles. The van der Waals surface area contributed by atoms with Crippen LogP contribution in [0.15, 0.2) is 42.5 Å². The van der Waals surface area contributed by atoms with E-state index in [1.165, 1.54) is 7.11 Å². The van der Waals surface area contributed by atoms with Crippen LogP contribution in [0.5, 0.6) is 5.75 Å². The molecule has 7 heteroatoms. The van der Waals surface area contributed by atoms with Gasteiger partial charge in [-0.15, -0.1) is 0 Å². The lowest BCUT2D eigenvalue weighted by Gasteiger charge is -2.28. The van der Waals surface area contributed by atoms with Gasteiger partial charge in [-0.05, 0) is 56.2 Å². The maximum Gasteiger partial charge on any atom is 0.247 e. The summed E-state index contributed by atoms with van der Waals surface area (Å²) in [5.41, 5.74) is 3.00. The first-order valence-electron chi connectivity index (χ1n) is 8.66. The van der Waals surface area contributed by atoms with Crippen molar-refractivity contribution < 1.29 is 17.9 Å². The highest BCUT2D eigenvalue weighted by Crippen LogP contribution is 2.31. The van der Waals surface area contributed by atoms with Crippen LogP contribution >= 0.6 is 0 Å². The van der Waals surface area contributed by atoms with Gasteiger partial charge in [0.2, 0.25) is 15.9 Å². The Hall–Kier alpha value is -2.54. The fourth-order valence-corrected chi connectivity index (χ4v) is 3.73. The number of benzene rings is 2. The number of likely N-dealkylation sites (N-methyl/N-ethyl adjacent to an activating group) is 1. The summed E-state index contributed by atoms with van der Waals surface area (Å²) in [5, 5.41) is 0. The van der Waals surface area contributed by atoms with Crippen molar-refractivity contribution in [2.75, 3.05) is 35.7 Å². The number of anilines is 2. The van der Waals surface area contributed by atoms with Crippen molar-refractivity contribution >= 4 is 27.3 Å². The molecular weight excluding hydrogens is 364 g/mol. The van der Waals surface area contributed by atoms with E-state index in [1.54, 1.807) is 17.0 Å². The van der Waals surface area contributed by atoms with Gasteiger partial charge in [0.25, 0.3) is 0 Å². The lowest BCUT2D eigenvalue weighted by Crippen LogP contribution is -2.43. The number of carbonyl (C=O) groups is 1. The number of hydrogen-bond acceptors (Lipinski definition) is 4. The molecule has 0 N–H and O–H groups in total. The van der Waals surface area contributed by atoms with Crippen LogP contribution in [-0.4, -0.2) is 40.8 Å². The van der Waals surface area contributed by atoms with Crippen molar-refractivity contribution in [3.63, 3.8) is 0 Å². The largest absolute Gasteiger partial charge is 0.495 e. The first kappa shape index (κ1) is 20.8. The average Bonchev–Trinajstić information content (AvgIpc) is 2.59. The Kier molecular flexibility index (Phi) is 6.49. The van der Waals surface area contributed by atoms with Crippen molar-refractivity contribution in [2.45, 2.75) is 20.8 Å². The molecule has 0 saturated heterocycles. The zero-order chi connectivity index (χ0) is 20.2. The Bertz CT molecular complexity index is 925. The van der Waals surface area contributed by atoms with Gasteiger partial charge < -0.3 is 9.64 Å². The zero-order valence-electron chi connectivity index (χ0n) is 16.4. The second-order valence-corrected chi connectivity index (χ2v) is 8.33. The zero-order valence-corrected chi connectivity index (χ0v) is 17.2. The third kappa shape index (κ3) is 5.01. The molecule has 0 atom stereocenters. The first-order valence-corrected chi connectivity index (χ1v) is 10.5. The topological polar surface area (TPSA) is 66.9 Å². The molecule has 0 heterocycles. The Labute approximate surface area is 161 Å². The van der Waals surface area contributed by atoms with E-state index >= 15 is 0 Å². The smallest absolute Gasteiger partial charge is 0.247 e. The predicted octanol–water partition coefficient (Wildman–Crippen LogP) is 3.13. The summed E-state index contributed by atoms with van der Waals surface area (Å²) < 4.78 is 31.3. The van der Waals surface area contributed by atoms with Crippen LogP contribution in [0, 0.1) is 13.8 Å². The van der Waals surface area contributed by atoms with Crippen LogP contribution < -0.4 is 13.9 Å². The predicted molar refractivity (Wildman–Crippen MR) is 109 cm³/mol.